The van der Waals surface area contributed by atoms with E-state index in [4.69, 9.17) is 9.47 Å². The normalized spacial score (nSPS) is 16.3. The molecule has 2 heterocycles. The fourth-order valence-corrected chi connectivity index (χ4v) is 3.66. The molecule has 0 spiro atoms. The van der Waals surface area contributed by atoms with Crippen molar-refractivity contribution in [3.8, 4) is 17.2 Å². The van der Waals surface area contributed by atoms with Gasteiger partial charge in [0, 0.05) is 18.1 Å². The number of carbonyl (C=O) groups is 1. The number of amidine groups is 1. The summed E-state index contributed by atoms with van der Waals surface area (Å²) in [6.45, 7) is 0. The van der Waals surface area contributed by atoms with E-state index in [2.05, 4.69) is 10.3 Å². The minimum Gasteiger partial charge on any atom is -0.497 e. The number of nitrogens with one attached hydrogen (secondary N) is 1. The molecule has 1 amide bonds. The average molecular weight is 405 g/mol. The number of hydrogen-bond donors (Lipinski definition) is 1. The van der Waals surface area contributed by atoms with Crippen molar-refractivity contribution in [2.75, 3.05) is 14.2 Å². The number of rotatable bonds is 5. The fourth-order valence-electron chi connectivity index (χ4n) is 2.82. The molecule has 7 heteroatoms. The number of nitrogens with zero attached hydrogens (tertiary/aromatic N) is 2. The van der Waals surface area contributed by atoms with Gasteiger partial charge in [-0.2, -0.15) is 0 Å². The molecule has 0 saturated carbocycles. The highest BCUT2D eigenvalue weighted by atomic mass is 32.2. The second-order valence-electron chi connectivity index (χ2n) is 6.23. The lowest BCUT2D eigenvalue weighted by Crippen LogP contribution is -2.19. The van der Waals surface area contributed by atoms with Gasteiger partial charge in [-0.1, -0.05) is 0 Å². The molecule has 1 aliphatic rings. The summed E-state index contributed by atoms with van der Waals surface area (Å²) in [5.74, 6) is 1.42. The number of aliphatic imine (C=N–C) groups is 1. The van der Waals surface area contributed by atoms with Crippen molar-refractivity contribution in [3.63, 3.8) is 0 Å². The summed E-state index contributed by atoms with van der Waals surface area (Å²) in [4.78, 5) is 17.4. The third-order valence-corrected chi connectivity index (χ3v) is 5.25. The van der Waals surface area contributed by atoms with Crippen LogP contribution < -0.4 is 14.8 Å². The van der Waals surface area contributed by atoms with Crippen molar-refractivity contribution < 1.29 is 14.3 Å². The summed E-state index contributed by atoms with van der Waals surface area (Å²) in [7, 11) is 3.26. The largest absolute Gasteiger partial charge is 0.497 e. The Kier molecular flexibility index (Phi) is 5.39. The van der Waals surface area contributed by atoms with Gasteiger partial charge in [-0.15, -0.1) is 0 Å². The summed E-state index contributed by atoms with van der Waals surface area (Å²) in [6, 6.07) is 17.1. The number of thioether (sulfide) groups is 1. The number of amides is 1. The first kappa shape index (κ1) is 18.9. The van der Waals surface area contributed by atoms with Crippen LogP contribution in [0.1, 0.15) is 5.56 Å². The number of carbonyl (C=O) groups excluding carboxylic acids is 1. The van der Waals surface area contributed by atoms with Crippen LogP contribution in [0.25, 0.3) is 11.8 Å². The summed E-state index contributed by atoms with van der Waals surface area (Å²) < 4.78 is 12.3. The van der Waals surface area contributed by atoms with Crippen LogP contribution >= 0.6 is 11.8 Å². The van der Waals surface area contributed by atoms with Crippen LogP contribution in [0, 0.1) is 0 Å². The molecule has 0 aliphatic carbocycles. The zero-order valence-electron chi connectivity index (χ0n) is 16.0. The van der Waals surface area contributed by atoms with Crippen molar-refractivity contribution in [2.45, 2.75) is 0 Å². The van der Waals surface area contributed by atoms with Gasteiger partial charge in [-0.25, -0.2) is 4.99 Å². The van der Waals surface area contributed by atoms with Gasteiger partial charge in [0.25, 0.3) is 5.91 Å². The summed E-state index contributed by atoms with van der Waals surface area (Å²) >= 11 is 1.32. The molecule has 1 N–H and O–H groups in total. The molecular formula is C22H19N3O3S. The number of aromatic nitrogens is 1. The molecule has 1 aromatic heterocycles. The van der Waals surface area contributed by atoms with E-state index in [0.717, 1.165) is 28.4 Å². The van der Waals surface area contributed by atoms with Gasteiger partial charge in [0.2, 0.25) is 0 Å². The maximum atomic E-state index is 12.3. The Hall–Kier alpha value is -3.45. The highest BCUT2D eigenvalue weighted by Crippen LogP contribution is 2.29. The van der Waals surface area contributed by atoms with E-state index in [1.807, 2.05) is 77.6 Å². The van der Waals surface area contributed by atoms with Crippen molar-refractivity contribution in [2.24, 2.45) is 4.99 Å². The quantitative estimate of drug-likeness (QED) is 0.640. The van der Waals surface area contributed by atoms with E-state index >= 15 is 0 Å². The molecule has 29 heavy (non-hydrogen) atoms. The van der Waals surface area contributed by atoms with E-state index in [9.17, 15) is 4.79 Å². The van der Waals surface area contributed by atoms with Crippen molar-refractivity contribution in [1.29, 1.82) is 0 Å². The molecule has 1 aliphatic heterocycles. The van der Waals surface area contributed by atoms with Gasteiger partial charge in [0.1, 0.15) is 11.5 Å². The number of benzene rings is 2. The van der Waals surface area contributed by atoms with Gasteiger partial charge in [-0.3, -0.25) is 4.79 Å². The van der Waals surface area contributed by atoms with E-state index in [0.29, 0.717) is 10.1 Å². The van der Waals surface area contributed by atoms with E-state index in [-0.39, 0.29) is 5.91 Å². The van der Waals surface area contributed by atoms with E-state index in [1.165, 1.54) is 11.8 Å². The fraction of sp³-hybridized carbons (Fsp3) is 0.0909. The molecule has 0 unspecified atom stereocenters. The molecular weight excluding hydrogens is 386 g/mol. The zero-order valence-corrected chi connectivity index (χ0v) is 16.8. The van der Waals surface area contributed by atoms with Crippen LogP contribution in [0.4, 0.5) is 5.69 Å². The van der Waals surface area contributed by atoms with Crippen LogP contribution in [-0.4, -0.2) is 29.9 Å². The first-order valence-corrected chi connectivity index (χ1v) is 9.72. The van der Waals surface area contributed by atoms with Crippen molar-refractivity contribution >= 4 is 34.6 Å². The molecule has 1 saturated heterocycles. The smallest absolute Gasteiger partial charge is 0.264 e. The Balaban J connectivity index is 1.50. The van der Waals surface area contributed by atoms with Crippen LogP contribution in [-0.2, 0) is 4.79 Å². The van der Waals surface area contributed by atoms with Crippen molar-refractivity contribution in [1.82, 2.24) is 9.88 Å². The maximum absolute atomic E-state index is 12.3. The Morgan fingerprint density at radius 2 is 1.62 bits per heavy atom. The second-order valence-corrected chi connectivity index (χ2v) is 7.26. The summed E-state index contributed by atoms with van der Waals surface area (Å²) in [5, 5.41) is 3.36. The van der Waals surface area contributed by atoms with Crippen molar-refractivity contribution in [3.05, 3.63) is 77.5 Å². The van der Waals surface area contributed by atoms with E-state index < -0.39 is 0 Å². The molecule has 6 nitrogen and oxygen atoms in total. The van der Waals surface area contributed by atoms with Gasteiger partial charge < -0.3 is 19.4 Å². The predicted molar refractivity (Wildman–Crippen MR) is 116 cm³/mol. The number of methoxy groups -OCH3 is 2. The SMILES string of the molecule is COc1ccc(N=C2NC(=O)/C(=C\c3ccn(-c4ccc(OC)cc4)c3)S2)cc1. The van der Waals surface area contributed by atoms with Crippen LogP contribution in [0.5, 0.6) is 11.5 Å². The Labute approximate surface area is 172 Å². The lowest BCUT2D eigenvalue weighted by molar-refractivity contribution is -0.115. The van der Waals surface area contributed by atoms with Crippen LogP contribution in [0.15, 0.2) is 76.9 Å². The first-order chi connectivity index (χ1) is 14.1. The summed E-state index contributed by atoms with van der Waals surface area (Å²) in [6.07, 6.45) is 5.79. The monoisotopic (exact) mass is 405 g/mol. The molecule has 146 valence electrons. The molecule has 2 aromatic carbocycles. The number of hydrogen-bond acceptors (Lipinski definition) is 5. The molecule has 1 fully saturated rings. The van der Waals surface area contributed by atoms with Crippen LogP contribution in [0.3, 0.4) is 0 Å². The van der Waals surface area contributed by atoms with Crippen LogP contribution in [0.2, 0.25) is 0 Å². The molecule has 0 radical (unpaired) electrons. The minimum atomic E-state index is -0.153. The summed E-state index contributed by atoms with van der Waals surface area (Å²) in [5.41, 5.74) is 2.70. The molecule has 4 rings (SSSR count). The Bertz CT molecular complexity index is 1080. The Morgan fingerprint density at radius 1 is 0.966 bits per heavy atom. The molecule has 0 atom stereocenters. The molecule has 3 aromatic rings. The van der Waals surface area contributed by atoms with Gasteiger partial charge in [0.05, 0.1) is 24.8 Å². The predicted octanol–water partition coefficient (Wildman–Crippen LogP) is 4.39. The third kappa shape index (κ3) is 4.35. The highest BCUT2D eigenvalue weighted by Gasteiger charge is 2.23. The first-order valence-electron chi connectivity index (χ1n) is 8.91. The zero-order chi connectivity index (χ0) is 20.2. The topological polar surface area (TPSA) is 64.8 Å². The van der Waals surface area contributed by atoms with E-state index in [1.54, 1.807) is 14.2 Å². The Morgan fingerprint density at radius 3 is 2.28 bits per heavy atom. The van der Waals surface area contributed by atoms with Gasteiger partial charge in [-0.05, 0) is 78.0 Å². The lowest BCUT2D eigenvalue weighted by Gasteiger charge is -2.04. The lowest BCUT2D eigenvalue weighted by atomic mass is 10.3. The average Bonchev–Trinajstić information content (AvgIpc) is 3.35. The highest BCUT2D eigenvalue weighted by molar-refractivity contribution is 8.18. The number of ether oxygens (including phenoxy) is 2. The van der Waals surface area contributed by atoms with Gasteiger partial charge in [0.15, 0.2) is 5.17 Å². The second kappa shape index (κ2) is 8.28. The third-order valence-electron chi connectivity index (χ3n) is 4.34. The maximum Gasteiger partial charge on any atom is 0.264 e. The molecule has 0 bridgehead atoms. The minimum absolute atomic E-state index is 0.153. The van der Waals surface area contributed by atoms with Gasteiger partial charge >= 0.3 is 0 Å². The standard InChI is InChI=1S/C22H19N3O3S/c1-27-18-7-3-16(4-8-18)23-22-24-21(26)20(29-22)13-15-11-12-25(14-15)17-5-9-19(28-2)10-6-17/h3-14H,1-2H3,(H,23,24,26)/b20-13+.